The monoisotopic (exact) mass is 298 g/mol. The highest BCUT2D eigenvalue weighted by Crippen LogP contribution is 2.19. The molecule has 0 saturated carbocycles. The van der Waals surface area contributed by atoms with Gasteiger partial charge in [0.05, 0.1) is 22.0 Å². The number of nitrogens with two attached hydrogens (primary N) is 1. The lowest BCUT2D eigenvalue weighted by atomic mass is 10.2. The number of primary sulfonamides is 1. The molecule has 3 N–H and O–H groups in total. The van der Waals surface area contributed by atoms with Gasteiger partial charge in [-0.2, -0.15) is 0 Å². The van der Waals surface area contributed by atoms with Gasteiger partial charge in [-0.1, -0.05) is 11.6 Å². The van der Waals surface area contributed by atoms with Crippen molar-refractivity contribution in [3.05, 3.63) is 28.8 Å². The van der Waals surface area contributed by atoms with Gasteiger partial charge in [0, 0.05) is 0 Å². The summed E-state index contributed by atoms with van der Waals surface area (Å²) in [5.74, 6) is -0.897. The molecule has 0 atom stereocenters. The topological polar surface area (TPSA) is 89.3 Å². The Morgan fingerprint density at radius 2 is 2.06 bits per heavy atom. The van der Waals surface area contributed by atoms with E-state index >= 15 is 0 Å². The third-order valence-electron chi connectivity index (χ3n) is 1.93. The van der Waals surface area contributed by atoms with Crippen LogP contribution in [-0.4, -0.2) is 27.3 Å². The minimum Gasteiger partial charge on any atom is -0.346 e. The third kappa shape index (κ3) is 3.90. The first-order chi connectivity index (χ1) is 8.21. The predicted octanol–water partition coefficient (Wildman–Crippen LogP) is 0.982. The van der Waals surface area contributed by atoms with Crippen molar-refractivity contribution in [3.63, 3.8) is 0 Å². The number of halogens is 3. The van der Waals surface area contributed by atoms with E-state index in [1.54, 1.807) is 0 Å². The highest BCUT2D eigenvalue weighted by atomic mass is 35.5. The van der Waals surface area contributed by atoms with Gasteiger partial charge in [0.2, 0.25) is 10.0 Å². The summed E-state index contributed by atoms with van der Waals surface area (Å²) < 4.78 is 46.0. The molecule has 9 heteroatoms. The van der Waals surface area contributed by atoms with Crippen LogP contribution in [0.15, 0.2) is 23.1 Å². The lowest BCUT2D eigenvalue weighted by Gasteiger charge is -2.07. The molecule has 1 amide bonds. The van der Waals surface area contributed by atoms with Crippen molar-refractivity contribution >= 4 is 27.5 Å². The number of rotatable bonds is 4. The van der Waals surface area contributed by atoms with E-state index in [9.17, 15) is 22.0 Å². The minimum atomic E-state index is -3.99. The molecule has 5 nitrogen and oxygen atoms in total. The molecule has 1 rings (SSSR count). The fraction of sp³-hybridized carbons (Fsp3) is 0.222. The second kappa shape index (κ2) is 5.59. The Morgan fingerprint density at radius 3 is 2.56 bits per heavy atom. The molecule has 0 heterocycles. The van der Waals surface area contributed by atoms with Crippen LogP contribution in [0.3, 0.4) is 0 Å². The predicted molar refractivity (Wildman–Crippen MR) is 61.2 cm³/mol. The molecule has 1 aromatic rings. The van der Waals surface area contributed by atoms with E-state index in [4.69, 9.17) is 16.7 Å². The summed E-state index contributed by atoms with van der Waals surface area (Å²) >= 11 is 5.67. The van der Waals surface area contributed by atoms with Crippen LogP contribution in [0.1, 0.15) is 10.4 Å². The second-order valence-corrected chi connectivity index (χ2v) is 5.26. The molecule has 0 aliphatic heterocycles. The van der Waals surface area contributed by atoms with E-state index in [0.717, 1.165) is 18.2 Å². The number of nitrogens with one attached hydrogen (secondary N) is 1. The Balaban J connectivity index is 3.05. The number of carbonyl (C=O) groups is 1. The number of sulfonamides is 1. The van der Waals surface area contributed by atoms with E-state index < -0.39 is 28.9 Å². The summed E-state index contributed by atoms with van der Waals surface area (Å²) in [5, 5.41) is 6.72. The summed E-state index contributed by atoms with van der Waals surface area (Å²) in [6.07, 6.45) is -2.71. The van der Waals surface area contributed by atoms with Crippen LogP contribution in [0, 0.1) is 0 Å². The van der Waals surface area contributed by atoms with Gasteiger partial charge in [0.25, 0.3) is 12.3 Å². The minimum absolute atomic E-state index is 0.0610. The average molecular weight is 299 g/mol. The zero-order valence-electron chi connectivity index (χ0n) is 8.86. The molecule has 0 aliphatic carbocycles. The maximum Gasteiger partial charge on any atom is 0.255 e. The summed E-state index contributed by atoms with van der Waals surface area (Å²) in [5.41, 5.74) is -0.233. The van der Waals surface area contributed by atoms with Crippen molar-refractivity contribution in [2.45, 2.75) is 11.3 Å². The Morgan fingerprint density at radius 1 is 1.44 bits per heavy atom. The van der Waals surface area contributed by atoms with E-state index in [-0.39, 0.29) is 15.5 Å². The van der Waals surface area contributed by atoms with Crippen LogP contribution in [-0.2, 0) is 10.0 Å². The molecule has 0 unspecified atom stereocenters. The van der Waals surface area contributed by atoms with Gasteiger partial charge in [-0.25, -0.2) is 22.3 Å². The Labute approximate surface area is 107 Å². The van der Waals surface area contributed by atoms with Crippen molar-refractivity contribution in [2.75, 3.05) is 6.54 Å². The zero-order chi connectivity index (χ0) is 13.9. The number of carbonyl (C=O) groups excluding carboxylic acids is 1. The van der Waals surface area contributed by atoms with Gasteiger partial charge < -0.3 is 5.32 Å². The van der Waals surface area contributed by atoms with E-state index in [0.29, 0.717) is 0 Å². The first-order valence-corrected chi connectivity index (χ1v) is 6.53. The van der Waals surface area contributed by atoms with Gasteiger partial charge in [-0.05, 0) is 18.2 Å². The average Bonchev–Trinajstić information content (AvgIpc) is 2.24. The Bertz CT molecular complexity index is 563. The van der Waals surface area contributed by atoms with Gasteiger partial charge in [0.1, 0.15) is 0 Å². The molecule has 18 heavy (non-hydrogen) atoms. The summed E-state index contributed by atoms with van der Waals surface area (Å²) in [4.78, 5) is 11.2. The van der Waals surface area contributed by atoms with Crippen LogP contribution in [0.5, 0.6) is 0 Å². The molecule has 0 spiro atoms. The van der Waals surface area contributed by atoms with Crippen molar-refractivity contribution in [1.29, 1.82) is 0 Å². The molecule has 0 bridgehead atoms. The number of amides is 1. The molecule has 1 aromatic carbocycles. The molecule has 0 aromatic heterocycles. The van der Waals surface area contributed by atoms with Gasteiger partial charge >= 0.3 is 0 Å². The van der Waals surface area contributed by atoms with Gasteiger partial charge in [-0.3, -0.25) is 4.79 Å². The number of alkyl halides is 2. The first-order valence-electron chi connectivity index (χ1n) is 4.60. The quantitative estimate of drug-likeness (QED) is 0.868. The van der Waals surface area contributed by atoms with Crippen molar-refractivity contribution in [3.8, 4) is 0 Å². The van der Waals surface area contributed by atoms with Crippen molar-refractivity contribution < 1.29 is 22.0 Å². The van der Waals surface area contributed by atoms with E-state index in [1.807, 2.05) is 5.32 Å². The van der Waals surface area contributed by atoms with Crippen LogP contribution < -0.4 is 10.5 Å². The molecule has 0 radical (unpaired) electrons. The molecule has 0 saturated heterocycles. The highest BCUT2D eigenvalue weighted by molar-refractivity contribution is 7.89. The largest absolute Gasteiger partial charge is 0.346 e. The second-order valence-electron chi connectivity index (χ2n) is 3.29. The zero-order valence-corrected chi connectivity index (χ0v) is 10.4. The van der Waals surface area contributed by atoms with Gasteiger partial charge in [0.15, 0.2) is 0 Å². The van der Waals surface area contributed by atoms with Crippen LogP contribution in [0.4, 0.5) is 8.78 Å². The van der Waals surface area contributed by atoms with E-state index in [2.05, 4.69) is 0 Å². The maximum absolute atomic E-state index is 11.9. The van der Waals surface area contributed by atoms with Gasteiger partial charge in [-0.15, -0.1) is 0 Å². The fourth-order valence-corrected chi connectivity index (χ4v) is 1.86. The molecular formula is C9H9ClF2N2O3S. The van der Waals surface area contributed by atoms with Crippen LogP contribution in [0.2, 0.25) is 5.02 Å². The lowest BCUT2D eigenvalue weighted by molar-refractivity contribution is 0.0891. The van der Waals surface area contributed by atoms with Crippen molar-refractivity contribution in [2.24, 2.45) is 5.14 Å². The number of hydrogen-bond donors (Lipinski definition) is 2. The summed E-state index contributed by atoms with van der Waals surface area (Å²) in [6, 6.07) is 3.19. The normalized spacial score (nSPS) is 11.6. The third-order valence-corrected chi connectivity index (χ3v) is 3.17. The standard InChI is InChI=1S/C9H9ClF2N2O3S/c10-7-2-1-5(18(13,16)17)3-6(7)9(15)14-4-8(11)12/h1-3,8H,4H2,(H,14,15)(H2,13,16,17). The SMILES string of the molecule is NS(=O)(=O)c1ccc(Cl)c(C(=O)NCC(F)F)c1. The van der Waals surface area contributed by atoms with E-state index in [1.165, 1.54) is 0 Å². The first kappa shape index (κ1) is 14.8. The maximum atomic E-state index is 11.9. The number of hydrogen-bond acceptors (Lipinski definition) is 3. The molecule has 100 valence electrons. The Hall–Kier alpha value is -1.25. The van der Waals surface area contributed by atoms with Crippen molar-refractivity contribution in [1.82, 2.24) is 5.32 Å². The highest BCUT2D eigenvalue weighted by Gasteiger charge is 2.16. The smallest absolute Gasteiger partial charge is 0.255 e. The van der Waals surface area contributed by atoms with Crippen LogP contribution in [0.25, 0.3) is 0 Å². The molecule has 0 fully saturated rings. The van der Waals surface area contributed by atoms with Crippen LogP contribution >= 0.6 is 11.6 Å². The fourth-order valence-electron chi connectivity index (χ4n) is 1.12. The molecular weight excluding hydrogens is 290 g/mol. The molecule has 0 aliphatic rings. The lowest BCUT2D eigenvalue weighted by Crippen LogP contribution is -2.29. The Kier molecular flexibility index (Phi) is 4.60. The summed E-state index contributed by atoms with van der Waals surface area (Å²) in [7, 11) is -3.99. The number of benzene rings is 1. The summed E-state index contributed by atoms with van der Waals surface area (Å²) in [6.45, 7) is -0.852.